The molecule has 7 nitrogen and oxygen atoms in total. The van der Waals surface area contributed by atoms with Gasteiger partial charge in [0.05, 0.1) is 16.0 Å². The maximum absolute atomic E-state index is 10.8. The van der Waals surface area contributed by atoms with Crippen LogP contribution >= 0.6 is 0 Å². The highest BCUT2D eigenvalue weighted by atomic mass is 16.6. The lowest BCUT2D eigenvalue weighted by atomic mass is 10.3. The first kappa shape index (κ1) is 12.6. The first-order chi connectivity index (χ1) is 10.2. The molecule has 0 radical (unpaired) electrons. The van der Waals surface area contributed by atoms with Crippen molar-refractivity contribution in [2.24, 2.45) is 0 Å². The Kier molecular flexibility index (Phi) is 2.81. The number of nitrogens with zero attached hydrogens (tertiary/aromatic N) is 3. The molecule has 2 aliphatic rings. The van der Waals surface area contributed by atoms with E-state index in [9.17, 15) is 10.1 Å². The number of H-pyrrole nitrogens is 1. The average molecular weight is 287 g/mol. The molecule has 1 unspecified atom stereocenters. The van der Waals surface area contributed by atoms with E-state index in [0.717, 1.165) is 31.1 Å². The maximum Gasteiger partial charge on any atom is 0.271 e. The van der Waals surface area contributed by atoms with E-state index < -0.39 is 4.92 Å². The van der Waals surface area contributed by atoms with E-state index >= 15 is 0 Å². The number of hydrogen-bond donors (Lipinski definition) is 2. The third kappa shape index (κ3) is 2.44. The van der Waals surface area contributed by atoms with E-state index in [1.54, 1.807) is 6.07 Å². The van der Waals surface area contributed by atoms with Gasteiger partial charge in [-0.15, -0.1) is 0 Å². The molecular weight excluding hydrogens is 270 g/mol. The van der Waals surface area contributed by atoms with E-state index in [1.807, 2.05) is 0 Å². The number of rotatable bonds is 4. The van der Waals surface area contributed by atoms with Crippen molar-refractivity contribution in [3.63, 3.8) is 0 Å². The predicted octanol–water partition coefficient (Wildman–Crippen LogP) is 2.12. The minimum absolute atomic E-state index is 0.0819. The number of non-ortho nitro benzene ring substituents is 1. The number of aromatic amines is 1. The highest BCUT2D eigenvalue weighted by Crippen LogP contribution is 2.30. The molecule has 1 saturated carbocycles. The number of anilines is 1. The Labute approximate surface area is 121 Å². The lowest BCUT2D eigenvalue weighted by Gasteiger charge is -2.15. The molecule has 1 aliphatic heterocycles. The van der Waals surface area contributed by atoms with Crippen LogP contribution in [0.4, 0.5) is 11.6 Å². The number of likely N-dealkylation sites (tertiary alicyclic amines) is 1. The van der Waals surface area contributed by atoms with Crippen molar-refractivity contribution in [2.45, 2.75) is 31.3 Å². The van der Waals surface area contributed by atoms with Crippen LogP contribution in [-0.4, -0.2) is 45.0 Å². The molecule has 2 aromatic rings. The molecule has 4 rings (SSSR count). The van der Waals surface area contributed by atoms with Crippen molar-refractivity contribution >= 4 is 22.7 Å². The molecule has 0 bridgehead atoms. The fraction of sp³-hybridized carbons (Fsp3) is 0.500. The summed E-state index contributed by atoms with van der Waals surface area (Å²) in [5.41, 5.74) is 1.53. The minimum Gasteiger partial charge on any atom is -0.352 e. The molecule has 1 aromatic carbocycles. The van der Waals surface area contributed by atoms with Gasteiger partial charge >= 0.3 is 0 Å². The molecule has 1 atom stereocenters. The Morgan fingerprint density at radius 3 is 3.00 bits per heavy atom. The third-order valence-electron chi connectivity index (χ3n) is 4.30. The Bertz CT molecular complexity index is 694. The summed E-state index contributed by atoms with van der Waals surface area (Å²) in [5.74, 6) is 0.702. The van der Waals surface area contributed by atoms with Crippen molar-refractivity contribution in [2.75, 3.05) is 18.4 Å². The maximum atomic E-state index is 10.8. The Morgan fingerprint density at radius 1 is 1.38 bits per heavy atom. The first-order valence-corrected chi connectivity index (χ1v) is 7.34. The van der Waals surface area contributed by atoms with Crippen LogP contribution in [0.1, 0.15) is 19.3 Å². The molecule has 1 aromatic heterocycles. The number of aromatic nitrogens is 2. The van der Waals surface area contributed by atoms with Crippen molar-refractivity contribution in [1.29, 1.82) is 0 Å². The number of nitro benzene ring substituents is 1. The lowest BCUT2D eigenvalue weighted by Crippen LogP contribution is -2.28. The second-order valence-corrected chi connectivity index (χ2v) is 5.90. The van der Waals surface area contributed by atoms with Crippen molar-refractivity contribution in [3.8, 4) is 0 Å². The topological polar surface area (TPSA) is 87.1 Å². The van der Waals surface area contributed by atoms with Gasteiger partial charge in [0, 0.05) is 37.3 Å². The molecule has 0 spiro atoms. The SMILES string of the molecule is O=[N+]([O-])c1ccc2nc(NC3CCN(C4CC4)C3)[nH]c2c1. The van der Waals surface area contributed by atoms with E-state index in [4.69, 9.17) is 0 Å². The Morgan fingerprint density at radius 2 is 2.24 bits per heavy atom. The molecule has 1 aliphatic carbocycles. The highest BCUT2D eigenvalue weighted by Gasteiger charge is 2.34. The third-order valence-corrected chi connectivity index (χ3v) is 4.30. The van der Waals surface area contributed by atoms with E-state index in [1.165, 1.54) is 25.0 Å². The molecule has 2 N–H and O–H groups in total. The van der Waals surface area contributed by atoms with Crippen LogP contribution < -0.4 is 5.32 Å². The molecule has 21 heavy (non-hydrogen) atoms. The van der Waals surface area contributed by atoms with E-state index in [2.05, 4.69) is 20.2 Å². The molecule has 2 heterocycles. The zero-order valence-electron chi connectivity index (χ0n) is 11.6. The number of nitro groups is 1. The van der Waals surface area contributed by atoms with Crippen LogP contribution in [-0.2, 0) is 0 Å². The van der Waals surface area contributed by atoms with Crippen molar-refractivity contribution in [1.82, 2.24) is 14.9 Å². The van der Waals surface area contributed by atoms with Crippen LogP contribution in [0, 0.1) is 10.1 Å². The molecule has 2 fully saturated rings. The van der Waals surface area contributed by atoms with Gasteiger partial charge in [0.2, 0.25) is 5.95 Å². The molecule has 1 saturated heterocycles. The first-order valence-electron chi connectivity index (χ1n) is 7.34. The summed E-state index contributed by atoms with van der Waals surface area (Å²) in [6.07, 6.45) is 3.79. The largest absolute Gasteiger partial charge is 0.352 e. The fourth-order valence-electron chi connectivity index (χ4n) is 3.05. The van der Waals surface area contributed by atoms with Gasteiger partial charge in [0.15, 0.2) is 0 Å². The highest BCUT2D eigenvalue weighted by molar-refractivity contribution is 5.79. The van der Waals surface area contributed by atoms with Crippen LogP contribution in [0.25, 0.3) is 11.0 Å². The van der Waals surface area contributed by atoms with Gasteiger partial charge in [-0.3, -0.25) is 15.0 Å². The van der Waals surface area contributed by atoms with Gasteiger partial charge in [-0.25, -0.2) is 4.98 Å². The van der Waals surface area contributed by atoms with Gasteiger partial charge in [-0.2, -0.15) is 0 Å². The van der Waals surface area contributed by atoms with Crippen LogP contribution in [0.15, 0.2) is 18.2 Å². The summed E-state index contributed by atoms with van der Waals surface area (Å²) in [7, 11) is 0. The Hall–Kier alpha value is -2.15. The van der Waals surface area contributed by atoms with Gasteiger partial charge in [-0.05, 0) is 25.3 Å². The molecule has 110 valence electrons. The summed E-state index contributed by atoms with van der Waals surface area (Å²) < 4.78 is 0. The number of hydrogen-bond acceptors (Lipinski definition) is 5. The summed E-state index contributed by atoms with van der Waals surface area (Å²) in [5, 5.41) is 14.2. The zero-order valence-corrected chi connectivity index (χ0v) is 11.6. The summed E-state index contributed by atoms with van der Waals surface area (Å²) >= 11 is 0. The Balaban J connectivity index is 1.50. The average Bonchev–Trinajstić information content (AvgIpc) is 3.07. The number of imidazole rings is 1. The number of fused-ring (bicyclic) bond motifs is 1. The smallest absolute Gasteiger partial charge is 0.271 e. The second kappa shape index (κ2) is 4.70. The van der Waals surface area contributed by atoms with Crippen LogP contribution in [0.3, 0.4) is 0 Å². The predicted molar refractivity (Wildman–Crippen MR) is 79.4 cm³/mol. The minimum atomic E-state index is -0.391. The van der Waals surface area contributed by atoms with Gasteiger partial charge in [0.1, 0.15) is 0 Å². The van der Waals surface area contributed by atoms with Gasteiger partial charge in [0.25, 0.3) is 5.69 Å². The second-order valence-electron chi connectivity index (χ2n) is 5.90. The van der Waals surface area contributed by atoms with Gasteiger partial charge < -0.3 is 10.3 Å². The molecular formula is C14H17N5O2. The standard InChI is InChI=1S/C14H17N5O2/c20-19(21)11-3-4-12-13(7-11)17-14(16-12)15-9-5-6-18(8-9)10-1-2-10/h3-4,7,9-10H,1-2,5-6,8H2,(H2,15,16,17). The summed E-state index contributed by atoms with van der Waals surface area (Å²) in [6, 6.07) is 5.90. The normalized spacial score (nSPS) is 22.8. The number of nitrogens with one attached hydrogen (secondary N) is 2. The van der Waals surface area contributed by atoms with Crippen molar-refractivity contribution in [3.05, 3.63) is 28.3 Å². The van der Waals surface area contributed by atoms with E-state index in [0.29, 0.717) is 17.5 Å². The quantitative estimate of drug-likeness (QED) is 0.664. The van der Waals surface area contributed by atoms with Crippen LogP contribution in [0.2, 0.25) is 0 Å². The monoisotopic (exact) mass is 287 g/mol. The summed E-state index contributed by atoms with van der Waals surface area (Å²) in [4.78, 5) is 20.5. The fourth-order valence-corrected chi connectivity index (χ4v) is 3.05. The number of benzene rings is 1. The van der Waals surface area contributed by atoms with Crippen LogP contribution in [0.5, 0.6) is 0 Å². The van der Waals surface area contributed by atoms with E-state index in [-0.39, 0.29) is 5.69 Å². The zero-order chi connectivity index (χ0) is 14.4. The lowest BCUT2D eigenvalue weighted by molar-refractivity contribution is -0.384. The van der Waals surface area contributed by atoms with Crippen molar-refractivity contribution < 1.29 is 4.92 Å². The molecule has 0 amide bonds. The van der Waals surface area contributed by atoms with Gasteiger partial charge in [-0.1, -0.05) is 0 Å². The molecule has 7 heteroatoms. The summed E-state index contributed by atoms with van der Waals surface area (Å²) in [6.45, 7) is 2.20.